The van der Waals surface area contributed by atoms with Crippen molar-refractivity contribution in [2.45, 2.75) is 6.92 Å². The summed E-state index contributed by atoms with van der Waals surface area (Å²) < 4.78 is 15.9. The van der Waals surface area contributed by atoms with Gasteiger partial charge in [0.05, 0.1) is 25.9 Å². The van der Waals surface area contributed by atoms with Crippen LogP contribution in [0, 0.1) is 0 Å². The van der Waals surface area contributed by atoms with Gasteiger partial charge in [-0.15, -0.1) is 0 Å². The molecule has 1 heterocycles. The van der Waals surface area contributed by atoms with E-state index in [0.717, 1.165) is 0 Å². The van der Waals surface area contributed by atoms with Gasteiger partial charge in [0.1, 0.15) is 17.1 Å². The number of ether oxygens (including phenoxy) is 2. The second-order valence-electron chi connectivity index (χ2n) is 5.70. The second kappa shape index (κ2) is 6.84. The molecule has 3 aromatic rings. The van der Waals surface area contributed by atoms with Crippen molar-refractivity contribution in [3.8, 4) is 23.0 Å². The number of ketones is 1. The van der Waals surface area contributed by atoms with Crippen molar-refractivity contribution < 1.29 is 28.9 Å². The molecule has 2 N–H and O–H groups in total. The van der Waals surface area contributed by atoms with E-state index in [9.17, 15) is 15.0 Å². The highest BCUT2D eigenvalue weighted by molar-refractivity contribution is 6.17. The molecule has 134 valence electrons. The van der Waals surface area contributed by atoms with Crippen LogP contribution in [-0.2, 0) is 0 Å². The highest BCUT2D eigenvalue weighted by atomic mass is 16.5. The van der Waals surface area contributed by atoms with Crippen LogP contribution in [-0.4, -0.2) is 30.2 Å². The molecule has 0 aliphatic rings. The Bertz CT molecular complexity index is 1010. The number of methoxy groups -OCH3 is 2. The average Bonchev–Trinajstić information content (AvgIpc) is 3.09. The van der Waals surface area contributed by atoms with E-state index in [-0.39, 0.29) is 28.6 Å². The third-order valence-electron chi connectivity index (χ3n) is 4.04. The Kier molecular flexibility index (Phi) is 4.58. The number of furan rings is 1. The summed E-state index contributed by atoms with van der Waals surface area (Å²) in [7, 11) is 2.80. The fourth-order valence-corrected chi connectivity index (χ4v) is 2.87. The number of aromatic hydroxyl groups is 2. The Morgan fingerprint density at radius 3 is 2.50 bits per heavy atom. The maximum absolute atomic E-state index is 13.0. The number of fused-ring (bicyclic) bond motifs is 1. The Hall–Kier alpha value is -3.41. The van der Waals surface area contributed by atoms with Crippen LogP contribution in [0.25, 0.3) is 17.0 Å². The zero-order valence-electron chi connectivity index (χ0n) is 14.6. The average molecular weight is 354 g/mol. The molecule has 0 aliphatic carbocycles. The summed E-state index contributed by atoms with van der Waals surface area (Å²) in [6.45, 7) is 1.62. The third-order valence-corrected chi connectivity index (χ3v) is 4.04. The van der Waals surface area contributed by atoms with Crippen molar-refractivity contribution >= 4 is 22.8 Å². The van der Waals surface area contributed by atoms with Gasteiger partial charge in [0, 0.05) is 0 Å². The molecule has 3 rings (SSSR count). The number of hydrogen-bond donors (Lipinski definition) is 2. The lowest BCUT2D eigenvalue weighted by Gasteiger charge is -2.14. The van der Waals surface area contributed by atoms with Gasteiger partial charge in [-0.25, -0.2) is 0 Å². The van der Waals surface area contributed by atoms with Crippen LogP contribution in [0.4, 0.5) is 0 Å². The molecule has 0 atom stereocenters. The number of Topliss-reactive ketones (excluding diaryl/α,β-unsaturated/α-hetero) is 1. The van der Waals surface area contributed by atoms with Gasteiger partial charge >= 0.3 is 0 Å². The summed E-state index contributed by atoms with van der Waals surface area (Å²) in [5, 5.41) is 20.7. The molecule has 0 unspecified atom stereocenters. The summed E-state index contributed by atoms with van der Waals surface area (Å²) >= 11 is 0. The van der Waals surface area contributed by atoms with E-state index in [4.69, 9.17) is 13.9 Å². The van der Waals surface area contributed by atoms with E-state index in [1.807, 2.05) is 0 Å². The van der Waals surface area contributed by atoms with Gasteiger partial charge < -0.3 is 24.1 Å². The first-order chi connectivity index (χ1) is 12.5. The first kappa shape index (κ1) is 17.4. The minimum absolute atomic E-state index is 0.00727. The number of benzene rings is 2. The smallest absolute Gasteiger partial charge is 0.205 e. The lowest BCUT2D eigenvalue weighted by molar-refractivity contribution is 0.102. The van der Waals surface area contributed by atoms with Crippen molar-refractivity contribution in [2.24, 2.45) is 0 Å². The molecule has 0 bridgehead atoms. The molecule has 0 aliphatic heterocycles. The summed E-state index contributed by atoms with van der Waals surface area (Å²) in [6, 6.07) is 8.15. The number of carbonyl (C=O) groups excluding carboxylic acids is 1. The maximum Gasteiger partial charge on any atom is 0.205 e. The van der Waals surface area contributed by atoms with Gasteiger partial charge in [-0.2, -0.15) is 0 Å². The quantitative estimate of drug-likeness (QED) is 0.528. The fourth-order valence-electron chi connectivity index (χ4n) is 2.87. The lowest BCUT2D eigenvalue weighted by atomic mass is 9.98. The van der Waals surface area contributed by atoms with Crippen LogP contribution >= 0.6 is 0 Å². The SMILES string of the molecule is COc1c(C(=O)C(C)=Cc2cccc(O)c2)c(O)c(OC)c2occc12. The van der Waals surface area contributed by atoms with E-state index in [1.54, 1.807) is 37.3 Å². The molecule has 6 nitrogen and oxygen atoms in total. The molecular formula is C20H18O6. The van der Waals surface area contributed by atoms with E-state index in [2.05, 4.69) is 0 Å². The van der Waals surface area contributed by atoms with E-state index >= 15 is 0 Å². The van der Waals surface area contributed by atoms with Crippen LogP contribution in [0.5, 0.6) is 23.0 Å². The van der Waals surface area contributed by atoms with Crippen LogP contribution in [0.2, 0.25) is 0 Å². The van der Waals surface area contributed by atoms with Gasteiger partial charge in [-0.05, 0) is 42.3 Å². The maximum atomic E-state index is 13.0. The Labute approximate surface area is 149 Å². The van der Waals surface area contributed by atoms with Gasteiger partial charge in [0.2, 0.25) is 5.75 Å². The van der Waals surface area contributed by atoms with Gasteiger partial charge in [0.15, 0.2) is 17.1 Å². The number of phenolic OH excluding ortho intramolecular Hbond substituents is 2. The van der Waals surface area contributed by atoms with E-state index < -0.39 is 5.78 Å². The number of carbonyl (C=O) groups is 1. The topological polar surface area (TPSA) is 89.1 Å². The Balaban J connectivity index is 2.17. The van der Waals surface area contributed by atoms with E-state index in [1.165, 1.54) is 26.5 Å². The van der Waals surface area contributed by atoms with Crippen molar-refractivity contribution in [1.29, 1.82) is 0 Å². The number of hydrogen-bond acceptors (Lipinski definition) is 6. The Morgan fingerprint density at radius 1 is 1.12 bits per heavy atom. The van der Waals surface area contributed by atoms with E-state index in [0.29, 0.717) is 22.1 Å². The molecule has 0 saturated carbocycles. The molecule has 0 saturated heterocycles. The van der Waals surface area contributed by atoms with Gasteiger partial charge in [-0.3, -0.25) is 4.79 Å². The first-order valence-corrected chi connectivity index (χ1v) is 7.84. The molecule has 0 amide bonds. The van der Waals surface area contributed by atoms with Gasteiger partial charge in [-0.1, -0.05) is 12.1 Å². The normalized spacial score (nSPS) is 11.6. The number of allylic oxidation sites excluding steroid dienone is 1. The molecule has 0 spiro atoms. The lowest BCUT2D eigenvalue weighted by Crippen LogP contribution is -2.06. The summed E-state index contributed by atoms with van der Waals surface area (Å²) in [4.78, 5) is 13.0. The molecule has 0 fully saturated rings. The Morgan fingerprint density at radius 2 is 1.85 bits per heavy atom. The highest BCUT2D eigenvalue weighted by Gasteiger charge is 2.28. The van der Waals surface area contributed by atoms with Crippen molar-refractivity contribution in [3.63, 3.8) is 0 Å². The number of rotatable bonds is 5. The van der Waals surface area contributed by atoms with Crippen LogP contribution in [0.15, 0.2) is 46.6 Å². The predicted octanol–water partition coefficient (Wildman–Crippen LogP) is 4.15. The van der Waals surface area contributed by atoms with Crippen LogP contribution < -0.4 is 9.47 Å². The largest absolute Gasteiger partial charge is 0.508 e. The minimum Gasteiger partial charge on any atom is -0.508 e. The molecule has 0 radical (unpaired) electrons. The summed E-state index contributed by atoms with van der Waals surface area (Å²) in [6.07, 6.45) is 3.05. The zero-order chi connectivity index (χ0) is 18.8. The number of phenols is 2. The van der Waals surface area contributed by atoms with Crippen molar-refractivity contribution in [1.82, 2.24) is 0 Å². The molecular weight excluding hydrogens is 336 g/mol. The van der Waals surface area contributed by atoms with Crippen LogP contribution in [0.3, 0.4) is 0 Å². The third kappa shape index (κ3) is 2.86. The zero-order valence-corrected chi connectivity index (χ0v) is 14.6. The minimum atomic E-state index is -0.427. The predicted molar refractivity (Wildman–Crippen MR) is 97.1 cm³/mol. The van der Waals surface area contributed by atoms with Crippen LogP contribution in [0.1, 0.15) is 22.8 Å². The highest BCUT2D eigenvalue weighted by Crippen LogP contribution is 2.46. The first-order valence-electron chi connectivity index (χ1n) is 7.84. The van der Waals surface area contributed by atoms with Gasteiger partial charge in [0.25, 0.3) is 0 Å². The summed E-state index contributed by atoms with van der Waals surface area (Å²) in [5.41, 5.74) is 1.31. The molecule has 26 heavy (non-hydrogen) atoms. The standard InChI is InChI=1S/C20H18O6/c1-11(9-12-5-4-6-13(21)10-12)16(22)15-17(23)20(25-3)19-14(7-8-26-19)18(15)24-2/h4-10,21,23H,1-3H3. The van der Waals surface area contributed by atoms with Crippen molar-refractivity contribution in [3.05, 3.63) is 53.3 Å². The second-order valence-corrected chi connectivity index (χ2v) is 5.70. The fraction of sp³-hybridized carbons (Fsp3) is 0.150. The summed E-state index contributed by atoms with van der Waals surface area (Å²) in [5.74, 6) is -0.398. The molecule has 1 aromatic heterocycles. The van der Waals surface area contributed by atoms with Crippen molar-refractivity contribution in [2.75, 3.05) is 14.2 Å². The monoisotopic (exact) mass is 354 g/mol. The molecule has 6 heteroatoms. The molecule has 2 aromatic carbocycles.